The van der Waals surface area contributed by atoms with Crippen molar-refractivity contribution < 1.29 is 8.42 Å². The minimum atomic E-state index is -3.15. The zero-order valence-corrected chi connectivity index (χ0v) is 11.3. The van der Waals surface area contributed by atoms with Crippen LogP contribution in [0.25, 0.3) is 0 Å². The summed E-state index contributed by atoms with van der Waals surface area (Å²) in [5.74, 6) is 0. The lowest BCUT2D eigenvalue weighted by molar-refractivity contribution is 0.496. The van der Waals surface area contributed by atoms with E-state index in [1.165, 1.54) is 5.56 Å². The van der Waals surface area contributed by atoms with E-state index in [1.807, 2.05) is 6.07 Å². The fourth-order valence-electron chi connectivity index (χ4n) is 3.12. The van der Waals surface area contributed by atoms with Crippen LogP contribution in [0.5, 0.6) is 0 Å². The topological polar surface area (TPSA) is 46.2 Å². The SMILES string of the molecule is O=S(=O)(c1cccc2c1CCC2)C1CCCNC1. The molecule has 0 saturated carbocycles. The predicted molar refractivity (Wildman–Crippen MR) is 71.5 cm³/mol. The summed E-state index contributed by atoms with van der Waals surface area (Å²) < 4.78 is 25.4. The molecule has 1 unspecified atom stereocenters. The molecule has 1 aliphatic carbocycles. The third-order valence-electron chi connectivity index (χ3n) is 4.10. The summed E-state index contributed by atoms with van der Waals surface area (Å²) in [6, 6.07) is 5.77. The maximum Gasteiger partial charge on any atom is 0.182 e. The first kappa shape index (κ1) is 12.2. The monoisotopic (exact) mass is 265 g/mol. The average molecular weight is 265 g/mol. The molecule has 1 aromatic carbocycles. The molecule has 98 valence electrons. The molecular weight excluding hydrogens is 246 g/mol. The van der Waals surface area contributed by atoms with Crippen molar-refractivity contribution in [2.75, 3.05) is 13.1 Å². The number of hydrogen-bond acceptors (Lipinski definition) is 3. The first-order valence-corrected chi connectivity index (χ1v) is 8.29. The van der Waals surface area contributed by atoms with E-state index in [2.05, 4.69) is 11.4 Å². The Hall–Kier alpha value is -0.870. The Morgan fingerprint density at radius 2 is 2.06 bits per heavy atom. The maximum absolute atomic E-state index is 12.7. The van der Waals surface area contributed by atoms with Crippen molar-refractivity contribution in [2.45, 2.75) is 42.2 Å². The Morgan fingerprint density at radius 3 is 2.83 bits per heavy atom. The molecule has 1 fully saturated rings. The number of rotatable bonds is 2. The van der Waals surface area contributed by atoms with Crippen LogP contribution in [0.3, 0.4) is 0 Å². The van der Waals surface area contributed by atoms with Gasteiger partial charge in [-0.15, -0.1) is 0 Å². The summed E-state index contributed by atoms with van der Waals surface area (Å²) in [7, 11) is -3.15. The van der Waals surface area contributed by atoms with Crippen LogP contribution >= 0.6 is 0 Å². The van der Waals surface area contributed by atoms with Gasteiger partial charge in [-0.05, 0) is 55.8 Å². The minimum absolute atomic E-state index is 0.238. The van der Waals surface area contributed by atoms with E-state index in [9.17, 15) is 8.42 Å². The van der Waals surface area contributed by atoms with Gasteiger partial charge in [0.15, 0.2) is 9.84 Å². The van der Waals surface area contributed by atoms with Crippen molar-refractivity contribution in [1.82, 2.24) is 5.32 Å². The molecule has 2 aliphatic rings. The highest BCUT2D eigenvalue weighted by Crippen LogP contribution is 2.31. The molecule has 0 radical (unpaired) electrons. The molecule has 1 saturated heterocycles. The third kappa shape index (κ3) is 1.97. The highest BCUT2D eigenvalue weighted by Gasteiger charge is 2.32. The number of aryl methyl sites for hydroxylation is 1. The quantitative estimate of drug-likeness (QED) is 0.885. The summed E-state index contributed by atoms with van der Waals surface area (Å²) in [4.78, 5) is 0.603. The van der Waals surface area contributed by atoms with E-state index in [1.54, 1.807) is 6.07 Å². The summed E-state index contributed by atoms with van der Waals surface area (Å²) in [6.45, 7) is 1.55. The van der Waals surface area contributed by atoms with Gasteiger partial charge < -0.3 is 5.32 Å². The van der Waals surface area contributed by atoms with Gasteiger partial charge in [0.05, 0.1) is 10.1 Å². The molecule has 1 aromatic rings. The lowest BCUT2D eigenvalue weighted by atomic mass is 10.1. The van der Waals surface area contributed by atoms with Gasteiger partial charge in [-0.3, -0.25) is 0 Å². The molecule has 4 heteroatoms. The molecule has 18 heavy (non-hydrogen) atoms. The Bertz CT molecular complexity index is 545. The van der Waals surface area contributed by atoms with E-state index < -0.39 is 9.84 Å². The Morgan fingerprint density at radius 1 is 1.17 bits per heavy atom. The first-order valence-electron chi connectivity index (χ1n) is 6.75. The van der Waals surface area contributed by atoms with E-state index in [-0.39, 0.29) is 5.25 Å². The lowest BCUT2D eigenvalue weighted by Gasteiger charge is -2.24. The van der Waals surface area contributed by atoms with Crippen LogP contribution in [0.15, 0.2) is 23.1 Å². The second kappa shape index (κ2) is 4.67. The van der Waals surface area contributed by atoms with Crippen molar-refractivity contribution in [3.05, 3.63) is 29.3 Å². The van der Waals surface area contributed by atoms with Crippen LogP contribution in [0.2, 0.25) is 0 Å². The van der Waals surface area contributed by atoms with Gasteiger partial charge in [0.25, 0.3) is 0 Å². The van der Waals surface area contributed by atoms with Crippen molar-refractivity contribution in [3.63, 3.8) is 0 Å². The molecular formula is C14H19NO2S. The van der Waals surface area contributed by atoms with Crippen LogP contribution in [0.4, 0.5) is 0 Å². The zero-order chi connectivity index (χ0) is 12.6. The van der Waals surface area contributed by atoms with Gasteiger partial charge in [-0.2, -0.15) is 0 Å². The van der Waals surface area contributed by atoms with Crippen molar-refractivity contribution >= 4 is 9.84 Å². The maximum atomic E-state index is 12.7. The molecule has 0 aromatic heterocycles. The summed E-state index contributed by atoms with van der Waals surface area (Å²) in [5.41, 5.74) is 2.32. The van der Waals surface area contributed by atoms with Crippen LogP contribution in [-0.2, 0) is 22.7 Å². The molecule has 1 heterocycles. The molecule has 3 rings (SSSR count). The summed E-state index contributed by atoms with van der Waals surface area (Å²) >= 11 is 0. The highest BCUT2D eigenvalue weighted by atomic mass is 32.2. The summed E-state index contributed by atoms with van der Waals surface area (Å²) in [5, 5.41) is 2.96. The van der Waals surface area contributed by atoms with Crippen LogP contribution in [-0.4, -0.2) is 26.8 Å². The molecule has 0 spiro atoms. The van der Waals surface area contributed by atoms with Gasteiger partial charge in [-0.25, -0.2) is 8.42 Å². The molecule has 0 amide bonds. The van der Waals surface area contributed by atoms with Crippen LogP contribution in [0.1, 0.15) is 30.4 Å². The molecule has 3 nitrogen and oxygen atoms in total. The van der Waals surface area contributed by atoms with Crippen molar-refractivity contribution in [3.8, 4) is 0 Å². The second-order valence-electron chi connectivity index (χ2n) is 5.26. The summed E-state index contributed by atoms with van der Waals surface area (Å²) in [6.07, 6.45) is 4.79. The van der Waals surface area contributed by atoms with Crippen molar-refractivity contribution in [2.24, 2.45) is 0 Å². The first-order chi connectivity index (χ1) is 8.69. The highest BCUT2D eigenvalue weighted by molar-refractivity contribution is 7.92. The normalized spacial score (nSPS) is 23.9. The number of sulfone groups is 1. The zero-order valence-electron chi connectivity index (χ0n) is 10.5. The fourth-order valence-corrected chi connectivity index (χ4v) is 5.13. The van der Waals surface area contributed by atoms with Gasteiger partial charge in [0, 0.05) is 6.54 Å². The van der Waals surface area contributed by atoms with Gasteiger partial charge in [0.1, 0.15) is 0 Å². The largest absolute Gasteiger partial charge is 0.315 e. The Balaban J connectivity index is 2.01. The number of piperidine rings is 1. The van der Waals surface area contributed by atoms with Crippen LogP contribution < -0.4 is 5.32 Å². The Labute approximate surface area is 109 Å². The Kier molecular flexibility index (Phi) is 3.16. The van der Waals surface area contributed by atoms with E-state index >= 15 is 0 Å². The van der Waals surface area contributed by atoms with E-state index in [0.29, 0.717) is 11.4 Å². The van der Waals surface area contributed by atoms with Gasteiger partial charge >= 0.3 is 0 Å². The lowest BCUT2D eigenvalue weighted by Crippen LogP contribution is -2.39. The van der Waals surface area contributed by atoms with E-state index in [4.69, 9.17) is 0 Å². The third-order valence-corrected chi connectivity index (χ3v) is 6.38. The average Bonchev–Trinajstić information content (AvgIpc) is 2.87. The molecule has 1 atom stereocenters. The molecule has 1 N–H and O–H groups in total. The number of benzene rings is 1. The molecule has 0 bridgehead atoms. The second-order valence-corrected chi connectivity index (χ2v) is 7.46. The van der Waals surface area contributed by atoms with Gasteiger partial charge in [0.2, 0.25) is 0 Å². The standard InChI is InChI=1S/C14H19NO2S/c16-18(17,12-6-3-9-15-10-12)14-8-2-5-11-4-1-7-13(11)14/h2,5,8,12,15H,1,3-4,6-7,9-10H2. The van der Waals surface area contributed by atoms with Gasteiger partial charge in [-0.1, -0.05) is 12.1 Å². The molecule has 1 aliphatic heterocycles. The number of fused-ring (bicyclic) bond motifs is 1. The van der Waals surface area contributed by atoms with Crippen LogP contribution in [0, 0.1) is 0 Å². The smallest absolute Gasteiger partial charge is 0.182 e. The predicted octanol–water partition coefficient (Wildman–Crippen LogP) is 1.70. The number of nitrogens with one attached hydrogen (secondary N) is 1. The fraction of sp³-hybridized carbons (Fsp3) is 0.571. The number of hydrogen-bond donors (Lipinski definition) is 1. The van der Waals surface area contributed by atoms with Crippen molar-refractivity contribution in [1.29, 1.82) is 0 Å². The van der Waals surface area contributed by atoms with E-state index in [0.717, 1.165) is 44.2 Å². The minimum Gasteiger partial charge on any atom is -0.315 e.